The van der Waals surface area contributed by atoms with Crippen molar-refractivity contribution in [3.63, 3.8) is 0 Å². The molecule has 1 aliphatic rings. The molecule has 1 amide bonds. The van der Waals surface area contributed by atoms with E-state index in [1.165, 1.54) is 19.3 Å². The van der Waals surface area contributed by atoms with Gasteiger partial charge in [-0.1, -0.05) is 33.1 Å². The number of carbonyl (C=O) groups excluding carboxylic acids is 1. The lowest BCUT2D eigenvalue weighted by molar-refractivity contribution is -0.142. The first-order valence-electron chi connectivity index (χ1n) is 7.69. The highest BCUT2D eigenvalue weighted by molar-refractivity contribution is 5.86. The second-order valence-electron chi connectivity index (χ2n) is 6.25. The minimum Gasteiger partial charge on any atom is -0.480 e. The van der Waals surface area contributed by atoms with Crippen LogP contribution in [-0.4, -0.2) is 35.1 Å². The Bertz CT molecular complexity index is 325. The second-order valence-corrected chi connectivity index (χ2v) is 6.25. The predicted octanol–water partition coefficient (Wildman–Crippen LogP) is 1.91. The number of hydrogen-bond acceptors (Lipinski definition) is 3. The summed E-state index contributed by atoms with van der Waals surface area (Å²) in [7, 11) is 0. The highest BCUT2D eigenvalue weighted by Crippen LogP contribution is 2.17. The maximum Gasteiger partial charge on any atom is 0.326 e. The first kappa shape index (κ1) is 17.0. The maximum absolute atomic E-state index is 12.1. The lowest BCUT2D eigenvalue weighted by Gasteiger charge is -2.27. The molecule has 1 rings (SSSR count). The Morgan fingerprint density at radius 2 is 1.75 bits per heavy atom. The summed E-state index contributed by atoms with van der Waals surface area (Å²) in [4.78, 5) is 23.2. The van der Waals surface area contributed by atoms with Gasteiger partial charge in [-0.15, -0.1) is 0 Å². The largest absolute Gasteiger partial charge is 0.480 e. The first-order chi connectivity index (χ1) is 9.40. The van der Waals surface area contributed by atoms with Crippen LogP contribution in [0.3, 0.4) is 0 Å². The zero-order chi connectivity index (χ0) is 15.1. The molecule has 0 aromatic heterocycles. The van der Waals surface area contributed by atoms with Crippen LogP contribution in [0.1, 0.15) is 59.3 Å². The fraction of sp³-hybridized carbons (Fsp3) is 0.867. The fourth-order valence-corrected chi connectivity index (χ4v) is 2.69. The van der Waals surface area contributed by atoms with E-state index in [1.54, 1.807) is 6.92 Å². The van der Waals surface area contributed by atoms with Crippen LogP contribution < -0.4 is 10.6 Å². The molecule has 116 valence electrons. The Labute approximate surface area is 121 Å². The molecule has 0 unspecified atom stereocenters. The summed E-state index contributed by atoms with van der Waals surface area (Å²) in [5.41, 5.74) is 0. The average Bonchev–Trinajstić information content (AvgIpc) is 2.38. The summed E-state index contributed by atoms with van der Waals surface area (Å²) in [6.45, 7) is 5.70. The molecule has 1 aliphatic carbocycles. The molecule has 0 aromatic carbocycles. The molecule has 0 heterocycles. The van der Waals surface area contributed by atoms with Gasteiger partial charge in [0, 0.05) is 6.04 Å². The number of amides is 1. The van der Waals surface area contributed by atoms with Gasteiger partial charge in [-0.05, 0) is 32.1 Å². The minimum atomic E-state index is -0.961. The van der Waals surface area contributed by atoms with Crippen molar-refractivity contribution in [3.8, 4) is 0 Å². The van der Waals surface area contributed by atoms with Gasteiger partial charge in [0.2, 0.25) is 5.91 Å². The van der Waals surface area contributed by atoms with E-state index in [1.807, 2.05) is 13.8 Å². The van der Waals surface area contributed by atoms with Crippen molar-refractivity contribution in [2.24, 2.45) is 5.92 Å². The molecule has 2 atom stereocenters. The van der Waals surface area contributed by atoms with E-state index in [2.05, 4.69) is 10.6 Å². The molecule has 3 N–H and O–H groups in total. The van der Waals surface area contributed by atoms with Gasteiger partial charge in [0.05, 0.1) is 6.04 Å². The second kappa shape index (κ2) is 8.25. The molecule has 0 spiro atoms. The highest BCUT2D eigenvalue weighted by Gasteiger charge is 2.25. The molecule has 0 aliphatic heterocycles. The fourth-order valence-electron chi connectivity index (χ4n) is 2.69. The van der Waals surface area contributed by atoms with E-state index in [0.29, 0.717) is 12.5 Å². The van der Waals surface area contributed by atoms with Gasteiger partial charge in [0.25, 0.3) is 0 Å². The summed E-state index contributed by atoms with van der Waals surface area (Å²) < 4.78 is 0. The summed E-state index contributed by atoms with van der Waals surface area (Å²) in [6.07, 6.45) is 6.34. The van der Waals surface area contributed by atoms with Gasteiger partial charge in [-0.3, -0.25) is 4.79 Å². The van der Waals surface area contributed by atoms with Crippen LogP contribution in [0.2, 0.25) is 0 Å². The molecule has 0 radical (unpaired) electrons. The summed E-state index contributed by atoms with van der Waals surface area (Å²) >= 11 is 0. The molecule has 5 heteroatoms. The SMILES string of the molecule is CC(C)C[C@H](NC(=O)[C@H](C)NC1CCCCC1)C(=O)O. The lowest BCUT2D eigenvalue weighted by Crippen LogP contribution is -2.51. The Morgan fingerprint density at radius 3 is 2.25 bits per heavy atom. The summed E-state index contributed by atoms with van der Waals surface area (Å²) in [5.74, 6) is -0.946. The van der Waals surface area contributed by atoms with E-state index in [4.69, 9.17) is 5.11 Å². The lowest BCUT2D eigenvalue weighted by atomic mass is 9.95. The van der Waals surface area contributed by atoms with E-state index in [0.717, 1.165) is 12.8 Å². The van der Waals surface area contributed by atoms with Crippen LogP contribution in [0.15, 0.2) is 0 Å². The van der Waals surface area contributed by atoms with E-state index in [-0.39, 0.29) is 17.9 Å². The molecular formula is C15H28N2O3. The van der Waals surface area contributed by atoms with Crippen molar-refractivity contribution in [3.05, 3.63) is 0 Å². The summed E-state index contributed by atoms with van der Waals surface area (Å²) in [6, 6.07) is -0.747. The molecule has 5 nitrogen and oxygen atoms in total. The van der Waals surface area contributed by atoms with E-state index < -0.39 is 12.0 Å². The van der Waals surface area contributed by atoms with Crippen LogP contribution in [0.4, 0.5) is 0 Å². The smallest absolute Gasteiger partial charge is 0.326 e. The Hall–Kier alpha value is -1.10. The van der Waals surface area contributed by atoms with Gasteiger partial charge in [-0.2, -0.15) is 0 Å². The van der Waals surface area contributed by atoms with Crippen LogP contribution in [0, 0.1) is 5.92 Å². The van der Waals surface area contributed by atoms with Crippen LogP contribution in [0.5, 0.6) is 0 Å². The third-order valence-corrected chi connectivity index (χ3v) is 3.81. The molecule has 0 saturated heterocycles. The zero-order valence-electron chi connectivity index (χ0n) is 12.8. The van der Waals surface area contributed by atoms with Crippen LogP contribution in [0.25, 0.3) is 0 Å². The van der Waals surface area contributed by atoms with Gasteiger partial charge >= 0.3 is 5.97 Å². The van der Waals surface area contributed by atoms with Crippen LogP contribution >= 0.6 is 0 Å². The van der Waals surface area contributed by atoms with Crippen LogP contribution in [-0.2, 0) is 9.59 Å². The van der Waals surface area contributed by atoms with Crippen molar-refractivity contribution in [1.29, 1.82) is 0 Å². The molecule has 0 bridgehead atoms. The number of nitrogens with one attached hydrogen (secondary N) is 2. The number of carboxylic acids is 1. The van der Waals surface area contributed by atoms with Gasteiger partial charge in [0.15, 0.2) is 0 Å². The first-order valence-corrected chi connectivity index (χ1v) is 7.69. The Morgan fingerprint density at radius 1 is 1.15 bits per heavy atom. The monoisotopic (exact) mass is 284 g/mol. The van der Waals surface area contributed by atoms with E-state index >= 15 is 0 Å². The van der Waals surface area contributed by atoms with Crippen molar-refractivity contribution in [1.82, 2.24) is 10.6 Å². The van der Waals surface area contributed by atoms with Gasteiger partial charge in [-0.25, -0.2) is 4.79 Å². The third kappa shape index (κ3) is 5.90. The van der Waals surface area contributed by atoms with Gasteiger partial charge < -0.3 is 15.7 Å². The average molecular weight is 284 g/mol. The topological polar surface area (TPSA) is 78.4 Å². The molecule has 0 aromatic rings. The standard InChI is InChI=1S/C15H28N2O3/c1-10(2)9-13(15(19)20)17-14(18)11(3)16-12-7-5-4-6-8-12/h10-13,16H,4-9H2,1-3H3,(H,17,18)(H,19,20)/t11-,13-/m0/s1. The van der Waals surface area contributed by atoms with Crippen molar-refractivity contribution in [2.45, 2.75) is 77.4 Å². The molecule has 20 heavy (non-hydrogen) atoms. The van der Waals surface area contributed by atoms with Crippen molar-refractivity contribution >= 4 is 11.9 Å². The van der Waals surface area contributed by atoms with Crippen molar-refractivity contribution < 1.29 is 14.7 Å². The zero-order valence-corrected chi connectivity index (χ0v) is 12.8. The third-order valence-electron chi connectivity index (χ3n) is 3.81. The number of aliphatic carboxylic acids is 1. The minimum absolute atomic E-state index is 0.219. The predicted molar refractivity (Wildman–Crippen MR) is 78.5 cm³/mol. The normalized spacial score (nSPS) is 19.6. The van der Waals surface area contributed by atoms with Gasteiger partial charge in [0.1, 0.15) is 6.04 Å². The molecule has 1 fully saturated rings. The quantitative estimate of drug-likeness (QED) is 0.667. The molecule has 1 saturated carbocycles. The van der Waals surface area contributed by atoms with Crippen molar-refractivity contribution in [2.75, 3.05) is 0 Å². The maximum atomic E-state index is 12.1. The van der Waals surface area contributed by atoms with E-state index in [9.17, 15) is 9.59 Å². The molecular weight excluding hydrogens is 256 g/mol. The number of hydrogen-bond donors (Lipinski definition) is 3. The number of rotatable bonds is 7. The number of carboxylic acid groups (broad SMARTS) is 1. The Balaban J connectivity index is 2.43. The Kier molecular flexibility index (Phi) is 6.99. The summed E-state index contributed by atoms with van der Waals surface area (Å²) in [5, 5.41) is 15.1. The highest BCUT2D eigenvalue weighted by atomic mass is 16.4. The number of carbonyl (C=O) groups is 2.